The van der Waals surface area contributed by atoms with E-state index in [1.165, 1.54) is 0 Å². The van der Waals surface area contributed by atoms with Crippen LogP contribution in [0.3, 0.4) is 0 Å². The molecule has 92 valence electrons. The fourth-order valence-electron chi connectivity index (χ4n) is 1.34. The van der Waals surface area contributed by atoms with Crippen LogP contribution in [0.1, 0.15) is 25.8 Å². The lowest BCUT2D eigenvalue weighted by Gasteiger charge is -2.15. The van der Waals surface area contributed by atoms with Crippen molar-refractivity contribution in [2.75, 3.05) is 16.8 Å². The minimum Gasteiger partial charge on any atom is -0.366 e. The number of pyridine rings is 1. The van der Waals surface area contributed by atoms with Crippen LogP contribution >= 0.6 is 23.4 Å². The van der Waals surface area contributed by atoms with Crippen molar-refractivity contribution in [2.45, 2.75) is 26.3 Å². The Bertz CT molecular complexity index is 403. The minimum absolute atomic E-state index is 0.299. The summed E-state index contributed by atoms with van der Waals surface area (Å²) in [5.74, 6) is 2.84. The molecule has 0 aliphatic rings. The summed E-state index contributed by atoms with van der Waals surface area (Å²) in [6.07, 6.45) is 2.65. The Balaban J connectivity index is 2.59. The molecule has 0 radical (unpaired) electrons. The number of rotatable bonds is 6. The van der Waals surface area contributed by atoms with Gasteiger partial charge >= 0.3 is 0 Å². The molecule has 0 saturated carbocycles. The summed E-state index contributed by atoms with van der Waals surface area (Å²) < 4.78 is 0. The molecule has 3 nitrogen and oxygen atoms in total. The van der Waals surface area contributed by atoms with Gasteiger partial charge in [-0.05, 0) is 30.9 Å². The number of nitrogens with one attached hydrogen (secondary N) is 1. The van der Waals surface area contributed by atoms with Crippen LogP contribution in [0.15, 0.2) is 12.3 Å². The van der Waals surface area contributed by atoms with Crippen molar-refractivity contribution < 1.29 is 0 Å². The van der Waals surface area contributed by atoms with Gasteiger partial charge in [0.05, 0.1) is 5.56 Å². The lowest BCUT2D eigenvalue weighted by Crippen LogP contribution is -2.17. The van der Waals surface area contributed by atoms with Gasteiger partial charge in [0.2, 0.25) is 0 Å². The highest BCUT2D eigenvalue weighted by Gasteiger charge is 2.09. The average Bonchev–Trinajstić information content (AvgIpc) is 2.32. The lowest BCUT2D eigenvalue weighted by molar-refractivity contribution is 0.766. The first kappa shape index (κ1) is 14.1. The van der Waals surface area contributed by atoms with E-state index in [2.05, 4.69) is 24.1 Å². The standard InChI is InChI=1S/C12H16ClN3S/c1-3-17-7-5-9(2)16-12-11(13)10(8-14)4-6-15-12/h4,6,9H,3,5,7H2,1-2H3,(H,15,16). The van der Waals surface area contributed by atoms with E-state index >= 15 is 0 Å². The summed E-state index contributed by atoms with van der Waals surface area (Å²) >= 11 is 7.97. The molecule has 1 rings (SSSR count). The molecule has 1 aromatic rings. The molecule has 0 fully saturated rings. The Kier molecular flexibility index (Phi) is 6.17. The van der Waals surface area contributed by atoms with Gasteiger partial charge in [-0.2, -0.15) is 17.0 Å². The zero-order valence-corrected chi connectivity index (χ0v) is 11.6. The Morgan fingerprint density at radius 1 is 1.65 bits per heavy atom. The largest absolute Gasteiger partial charge is 0.366 e. The van der Waals surface area contributed by atoms with Gasteiger partial charge in [-0.15, -0.1) is 0 Å². The van der Waals surface area contributed by atoms with Crippen molar-refractivity contribution in [3.8, 4) is 6.07 Å². The third-order valence-electron chi connectivity index (χ3n) is 2.29. The van der Waals surface area contributed by atoms with Gasteiger partial charge in [0.25, 0.3) is 0 Å². The van der Waals surface area contributed by atoms with Gasteiger partial charge in [-0.25, -0.2) is 4.98 Å². The number of hydrogen-bond donors (Lipinski definition) is 1. The molecule has 1 unspecified atom stereocenters. The van der Waals surface area contributed by atoms with Crippen LogP contribution < -0.4 is 5.32 Å². The number of thioether (sulfide) groups is 1. The van der Waals surface area contributed by atoms with E-state index < -0.39 is 0 Å². The summed E-state index contributed by atoms with van der Waals surface area (Å²) in [5, 5.41) is 12.5. The molecular formula is C12H16ClN3S. The van der Waals surface area contributed by atoms with Crippen LogP contribution in [-0.4, -0.2) is 22.5 Å². The average molecular weight is 270 g/mol. The monoisotopic (exact) mass is 269 g/mol. The summed E-state index contributed by atoms with van der Waals surface area (Å²) in [6.45, 7) is 4.24. The van der Waals surface area contributed by atoms with Crippen LogP contribution in [0.4, 0.5) is 5.82 Å². The first-order valence-electron chi connectivity index (χ1n) is 5.58. The van der Waals surface area contributed by atoms with Crippen molar-refractivity contribution in [2.24, 2.45) is 0 Å². The predicted molar refractivity (Wildman–Crippen MR) is 74.7 cm³/mol. The Morgan fingerprint density at radius 3 is 3.06 bits per heavy atom. The number of nitriles is 1. The van der Waals surface area contributed by atoms with Crippen molar-refractivity contribution in [1.82, 2.24) is 4.98 Å². The minimum atomic E-state index is 0.299. The summed E-state index contributed by atoms with van der Waals surface area (Å²) in [4.78, 5) is 4.15. The van der Waals surface area contributed by atoms with Gasteiger partial charge in [0, 0.05) is 12.2 Å². The molecule has 0 amide bonds. The van der Waals surface area contributed by atoms with E-state index in [9.17, 15) is 0 Å². The second-order valence-corrected chi connectivity index (χ2v) is 5.44. The maximum absolute atomic E-state index is 8.86. The zero-order valence-electron chi connectivity index (χ0n) is 10.0. The molecule has 1 N–H and O–H groups in total. The second kappa shape index (κ2) is 7.41. The van der Waals surface area contributed by atoms with Crippen molar-refractivity contribution >= 4 is 29.2 Å². The van der Waals surface area contributed by atoms with E-state index in [1.807, 2.05) is 17.8 Å². The lowest BCUT2D eigenvalue weighted by atomic mass is 10.2. The highest BCUT2D eigenvalue weighted by Crippen LogP contribution is 2.23. The van der Waals surface area contributed by atoms with E-state index in [1.54, 1.807) is 12.3 Å². The number of anilines is 1. The van der Waals surface area contributed by atoms with Gasteiger partial charge in [0.1, 0.15) is 16.9 Å². The SMILES string of the molecule is CCSCCC(C)Nc1nccc(C#N)c1Cl. The molecular weight excluding hydrogens is 254 g/mol. The first-order valence-corrected chi connectivity index (χ1v) is 7.11. The van der Waals surface area contributed by atoms with Crippen LogP contribution in [0, 0.1) is 11.3 Å². The quantitative estimate of drug-likeness (QED) is 0.803. The first-order chi connectivity index (χ1) is 8.19. The Hall–Kier alpha value is -0.920. The molecule has 0 aromatic carbocycles. The number of hydrogen-bond acceptors (Lipinski definition) is 4. The highest BCUT2D eigenvalue weighted by molar-refractivity contribution is 7.99. The normalized spacial score (nSPS) is 11.9. The molecule has 0 aliphatic heterocycles. The van der Waals surface area contributed by atoms with Crippen LogP contribution in [0.2, 0.25) is 5.02 Å². The van der Waals surface area contributed by atoms with E-state index in [0.717, 1.165) is 17.9 Å². The van der Waals surface area contributed by atoms with Crippen LogP contribution in [-0.2, 0) is 0 Å². The Morgan fingerprint density at radius 2 is 2.41 bits per heavy atom. The topological polar surface area (TPSA) is 48.7 Å². The van der Waals surface area contributed by atoms with Gasteiger partial charge in [-0.3, -0.25) is 0 Å². The maximum Gasteiger partial charge on any atom is 0.146 e. The van der Waals surface area contributed by atoms with Gasteiger partial charge in [-0.1, -0.05) is 18.5 Å². The maximum atomic E-state index is 8.86. The van der Waals surface area contributed by atoms with E-state index in [4.69, 9.17) is 16.9 Å². The summed E-state index contributed by atoms with van der Waals surface area (Å²) in [5.41, 5.74) is 0.458. The van der Waals surface area contributed by atoms with E-state index in [0.29, 0.717) is 22.4 Å². The van der Waals surface area contributed by atoms with Crippen molar-refractivity contribution in [3.05, 3.63) is 22.8 Å². The zero-order chi connectivity index (χ0) is 12.7. The molecule has 1 aromatic heterocycles. The molecule has 5 heteroatoms. The predicted octanol–water partition coefficient (Wildman–Crippen LogP) is 3.55. The van der Waals surface area contributed by atoms with E-state index in [-0.39, 0.29) is 0 Å². The second-order valence-electron chi connectivity index (χ2n) is 3.66. The molecule has 0 bridgehead atoms. The molecule has 1 heterocycles. The molecule has 0 saturated heterocycles. The molecule has 17 heavy (non-hydrogen) atoms. The van der Waals surface area contributed by atoms with Crippen LogP contribution in [0.5, 0.6) is 0 Å². The highest BCUT2D eigenvalue weighted by atomic mass is 35.5. The van der Waals surface area contributed by atoms with Gasteiger partial charge < -0.3 is 5.32 Å². The number of nitrogens with zero attached hydrogens (tertiary/aromatic N) is 2. The van der Waals surface area contributed by atoms with Crippen molar-refractivity contribution in [1.29, 1.82) is 5.26 Å². The molecule has 0 aliphatic carbocycles. The number of aromatic nitrogens is 1. The Labute approximate surface area is 112 Å². The third kappa shape index (κ3) is 4.45. The number of halogens is 1. The molecule has 1 atom stereocenters. The van der Waals surface area contributed by atoms with Gasteiger partial charge in [0.15, 0.2) is 0 Å². The molecule has 0 spiro atoms. The van der Waals surface area contributed by atoms with Crippen LogP contribution in [0.25, 0.3) is 0 Å². The third-order valence-corrected chi connectivity index (χ3v) is 3.61. The fraction of sp³-hybridized carbons (Fsp3) is 0.500. The van der Waals surface area contributed by atoms with Crippen molar-refractivity contribution in [3.63, 3.8) is 0 Å². The summed E-state index contributed by atoms with van der Waals surface area (Å²) in [7, 11) is 0. The summed E-state index contributed by atoms with van der Waals surface area (Å²) in [6, 6.07) is 3.96. The fourth-order valence-corrected chi connectivity index (χ4v) is 2.36. The smallest absolute Gasteiger partial charge is 0.146 e.